The van der Waals surface area contributed by atoms with Crippen molar-refractivity contribution in [3.8, 4) is 11.5 Å². The molecule has 2 aromatic rings. The third-order valence-electron chi connectivity index (χ3n) is 1.59. The molecule has 0 saturated heterocycles. The van der Waals surface area contributed by atoms with E-state index in [0.29, 0.717) is 11.5 Å². The quantitative estimate of drug-likeness (QED) is 0.777. The molecular formula is C8H8N2OS2. The number of nitrogens with zero attached hydrogens (tertiary/aromatic N) is 2. The van der Waals surface area contributed by atoms with Gasteiger partial charge in [0.1, 0.15) is 5.69 Å². The summed E-state index contributed by atoms with van der Waals surface area (Å²) in [6, 6.07) is 1.86. The first-order chi connectivity index (χ1) is 6.29. The molecule has 0 aromatic carbocycles. The normalized spacial score (nSPS) is 10.6. The van der Waals surface area contributed by atoms with Gasteiger partial charge in [0.15, 0.2) is 5.76 Å². The lowest BCUT2D eigenvalue weighted by Crippen LogP contribution is -1.73. The number of aromatic nitrogens is 2. The Kier molecular flexibility index (Phi) is 2.37. The molecule has 13 heavy (non-hydrogen) atoms. The number of aryl methyl sites for hydroxylation is 1. The molecule has 0 N–H and O–H groups in total. The predicted octanol–water partition coefficient (Wildman–Crippen LogP) is 2.54. The highest BCUT2D eigenvalue weighted by molar-refractivity contribution is 7.79. The molecule has 0 spiro atoms. The van der Waals surface area contributed by atoms with E-state index in [9.17, 15) is 0 Å². The van der Waals surface area contributed by atoms with Crippen molar-refractivity contribution < 1.29 is 4.52 Å². The van der Waals surface area contributed by atoms with Crippen molar-refractivity contribution in [1.29, 1.82) is 0 Å². The lowest BCUT2D eigenvalue weighted by atomic mass is 10.3. The molecule has 0 aliphatic heterocycles. The second-order valence-corrected chi connectivity index (χ2v) is 3.97. The van der Waals surface area contributed by atoms with Crippen LogP contribution in [0.15, 0.2) is 16.0 Å². The molecule has 0 aliphatic rings. The maximum absolute atomic E-state index is 5.10. The monoisotopic (exact) mass is 212 g/mol. The van der Waals surface area contributed by atoms with Gasteiger partial charge in [-0.2, -0.15) is 12.6 Å². The van der Waals surface area contributed by atoms with Gasteiger partial charge in [0, 0.05) is 17.2 Å². The van der Waals surface area contributed by atoms with E-state index in [1.807, 2.05) is 18.4 Å². The van der Waals surface area contributed by atoms with E-state index in [2.05, 4.69) is 22.8 Å². The van der Waals surface area contributed by atoms with Crippen LogP contribution in [0.2, 0.25) is 0 Å². The highest BCUT2D eigenvalue weighted by atomic mass is 32.1. The Hall–Kier alpha value is -0.810. The van der Waals surface area contributed by atoms with E-state index >= 15 is 0 Å². The van der Waals surface area contributed by atoms with Crippen molar-refractivity contribution in [1.82, 2.24) is 10.1 Å². The number of rotatable bonds is 2. The summed E-state index contributed by atoms with van der Waals surface area (Å²) in [6.45, 7) is 1.96. The van der Waals surface area contributed by atoms with Crippen molar-refractivity contribution in [2.45, 2.75) is 12.7 Å². The fraction of sp³-hybridized carbons (Fsp3) is 0.250. The standard InChI is InChI=1S/C8H8N2OS2/c1-5-9-7(4-13-5)8-2-6(3-12)10-11-8/h2,4,12H,3H2,1H3. The molecular weight excluding hydrogens is 204 g/mol. The van der Waals surface area contributed by atoms with Gasteiger partial charge in [-0.05, 0) is 6.92 Å². The van der Waals surface area contributed by atoms with Crippen LogP contribution in [0.5, 0.6) is 0 Å². The molecule has 0 bridgehead atoms. The fourth-order valence-electron chi connectivity index (χ4n) is 0.984. The zero-order valence-electron chi connectivity index (χ0n) is 7.02. The molecule has 0 aliphatic carbocycles. The van der Waals surface area contributed by atoms with Crippen molar-refractivity contribution in [3.05, 3.63) is 22.1 Å². The molecule has 0 atom stereocenters. The molecule has 0 fully saturated rings. The molecule has 0 radical (unpaired) electrons. The minimum absolute atomic E-state index is 0.590. The SMILES string of the molecule is Cc1nc(-c2cc(CS)no2)cs1. The molecule has 2 rings (SSSR count). The lowest BCUT2D eigenvalue weighted by molar-refractivity contribution is 0.425. The van der Waals surface area contributed by atoms with Gasteiger partial charge in [-0.15, -0.1) is 11.3 Å². The molecule has 0 saturated carbocycles. The first-order valence-electron chi connectivity index (χ1n) is 3.78. The predicted molar refractivity (Wildman–Crippen MR) is 55.0 cm³/mol. The van der Waals surface area contributed by atoms with Crippen LogP contribution in [0.4, 0.5) is 0 Å². The first-order valence-corrected chi connectivity index (χ1v) is 5.30. The average Bonchev–Trinajstić information content (AvgIpc) is 2.71. The zero-order valence-corrected chi connectivity index (χ0v) is 8.73. The Morgan fingerprint density at radius 3 is 3.00 bits per heavy atom. The summed E-state index contributed by atoms with van der Waals surface area (Å²) < 4.78 is 5.10. The van der Waals surface area contributed by atoms with Crippen LogP contribution >= 0.6 is 24.0 Å². The van der Waals surface area contributed by atoms with Gasteiger partial charge in [-0.25, -0.2) is 4.98 Å². The van der Waals surface area contributed by atoms with E-state index in [1.54, 1.807) is 11.3 Å². The van der Waals surface area contributed by atoms with E-state index in [4.69, 9.17) is 4.52 Å². The molecule has 2 aromatic heterocycles. The van der Waals surface area contributed by atoms with Crippen LogP contribution in [0.3, 0.4) is 0 Å². The van der Waals surface area contributed by atoms with E-state index in [-0.39, 0.29) is 0 Å². The fourth-order valence-corrected chi connectivity index (χ4v) is 1.73. The van der Waals surface area contributed by atoms with Gasteiger partial charge in [-0.3, -0.25) is 0 Å². The lowest BCUT2D eigenvalue weighted by Gasteiger charge is -1.83. The van der Waals surface area contributed by atoms with Crippen LogP contribution in [0.25, 0.3) is 11.5 Å². The van der Waals surface area contributed by atoms with Crippen molar-refractivity contribution >= 4 is 24.0 Å². The maximum atomic E-state index is 5.10. The Balaban J connectivity index is 2.35. The second kappa shape index (κ2) is 3.51. The van der Waals surface area contributed by atoms with Gasteiger partial charge >= 0.3 is 0 Å². The number of thiol groups is 1. The van der Waals surface area contributed by atoms with Gasteiger partial charge in [0.05, 0.1) is 10.7 Å². The first kappa shape index (κ1) is 8.77. The minimum atomic E-state index is 0.590. The van der Waals surface area contributed by atoms with E-state index in [1.165, 1.54) is 0 Å². The molecule has 68 valence electrons. The third kappa shape index (κ3) is 1.76. The highest BCUT2D eigenvalue weighted by Gasteiger charge is 2.08. The molecule has 5 heteroatoms. The summed E-state index contributed by atoms with van der Waals surface area (Å²) >= 11 is 5.70. The van der Waals surface area contributed by atoms with Crippen molar-refractivity contribution in [2.75, 3.05) is 0 Å². The third-order valence-corrected chi connectivity index (χ3v) is 2.69. The van der Waals surface area contributed by atoms with Gasteiger partial charge < -0.3 is 4.52 Å². The molecule has 0 amide bonds. The Morgan fingerprint density at radius 2 is 2.46 bits per heavy atom. The summed E-state index contributed by atoms with van der Waals surface area (Å²) in [6.07, 6.45) is 0. The molecule has 0 unspecified atom stereocenters. The topological polar surface area (TPSA) is 38.9 Å². The van der Waals surface area contributed by atoms with Gasteiger partial charge in [-0.1, -0.05) is 5.16 Å². The Bertz CT molecular complexity index is 408. The number of hydrogen-bond acceptors (Lipinski definition) is 5. The summed E-state index contributed by atoms with van der Waals surface area (Å²) in [5.41, 5.74) is 1.69. The summed E-state index contributed by atoms with van der Waals surface area (Å²) in [4.78, 5) is 4.29. The average molecular weight is 212 g/mol. The second-order valence-electron chi connectivity index (χ2n) is 2.59. The highest BCUT2D eigenvalue weighted by Crippen LogP contribution is 2.22. The molecule has 2 heterocycles. The minimum Gasteiger partial charge on any atom is -0.354 e. The largest absolute Gasteiger partial charge is 0.354 e. The van der Waals surface area contributed by atoms with Crippen molar-refractivity contribution in [2.24, 2.45) is 0 Å². The number of hydrogen-bond donors (Lipinski definition) is 1. The van der Waals surface area contributed by atoms with Crippen LogP contribution in [-0.2, 0) is 5.75 Å². The Morgan fingerprint density at radius 1 is 1.62 bits per heavy atom. The van der Waals surface area contributed by atoms with Crippen molar-refractivity contribution in [3.63, 3.8) is 0 Å². The van der Waals surface area contributed by atoms with Gasteiger partial charge in [0.25, 0.3) is 0 Å². The summed E-state index contributed by atoms with van der Waals surface area (Å²) in [7, 11) is 0. The zero-order chi connectivity index (χ0) is 9.26. The molecule has 3 nitrogen and oxygen atoms in total. The van der Waals surface area contributed by atoms with E-state index in [0.717, 1.165) is 16.4 Å². The van der Waals surface area contributed by atoms with Crippen LogP contribution < -0.4 is 0 Å². The summed E-state index contributed by atoms with van der Waals surface area (Å²) in [5, 5.41) is 6.82. The Labute approximate surface area is 85.2 Å². The van der Waals surface area contributed by atoms with Crippen LogP contribution in [-0.4, -0.2) is 10.1 Å². The smallest absolute Gasteiger partial charge is 0.186 e. The van der Waals surface area contributed by atoms with Crippen LogP contribution in [0.1, 0.15) is 10.7 Å². The van der Waals surface area contributed by atoms with Gasteiger partial charge in [0.2, 0.25) is 0 Å². The number of thiazole rings is 1. The maximum Gasteiger partial charge on any atom is 0.186 e. The van der Waals surface area contributed by atoms with E-state index < -0.39 is 0 Å². The summed E-state index contributed by atoms with van der Waals surface area (Å²) in [5.74, 6) is 1.31. The van der Waals surface area contributed by atoms with Crippen LogP contribution in [0, 0.1) is 6.92 Å².